The summed E-state index contributed by atoms with van der Waals surface area (Å²) in [4.78, 5) is 0. The van der Waals surface area contributed by atoms with Crippen molar-refractivity contribution >= 4 is 45.8 Å². The van der Waals surface area contributed by atoms with Gasteiger partial charge in [-0.3, -0.25) is 0 Å². The van der Waals surface area contributed by atoms with Crippen LogP contribution in [0, 0.1) is 6.92 Å². The smallest absolute Gasteiger partial charge is 0.315 e. The molecule has 94 valence electrons. The summed E-state index contributed by atoms with van der Waals surface area (Å²) in [6.07, 6.45) is 0. The lowest BCUT2D eigenvalue weighted by Crippen LogP contribution is -2.00. The van der Waals surface area contributed by atoms with Crippen molar-refractivity contribution in [1.29, 1.82) is 0 Å². The van der Waals surface area contributed by atoms with Gasteiger partial charge in [-0.05, 0) is 6.07 Å². The molecule has 0 amide bonds. The van der Waals surface area contributed by atoms with Gasteiger partial charge >= 0.3 is 6.01 Å². The van der Waals surface area contributed by atoms with Crippen molar-refractivity contribution in [3.8, 4) is 0 Å². The molecule has 18 heavy (non-hydrogen) atoms. The summed E-state index contributed by atoms with van der Waals surface area (Å²) < 4.78 is 13.7. The molecule has 0 atom stereocenters. The molecule has 0 unspecified atom stereocenters. The van der Waals surface area contributed by atoms with Crippen LogP contribution in [0.5, 0.6) is 0 Å². The first kappa shape index (κ1) is 12.9. The number of hydrogen-bond donors (Lipinski definition) is 1. The molecule has 0 bridgehead atoms. The second-order valence-corrected chi connectivity index (χ2v) is 4.06. The first-order chi connectivity index (χ1) is 8.33. The van der Waals surface area contributed by atoms with Crippen molar-refractivity contribution in [3.63, 3.8) is 0 Å². The zero-order chi connectivity index (χ0) is 11.7. The number of halogens is 1. The summed E-state index contributed by atoms with van der Waals surface area (Å²) in [5, 5.41) is 10.7. The van der Waals surface area contributed by atoms with Crippen LogP contribution in [-0.4, -0.2) is 18.9 Å². The molecule has 0 aliphatic heterocycles. The summed E-state index contributed by atoms with van der Waals surface area (Å²) in [6, 6.07) is 6.32. The van der Waals surface area contributed by atoms with E-state index in [0.29, 0.717) is 18.5 Å². The Balaban J connectivity index is 0.00000120. The Bertz CT molecular complexity index is 652. The molecule has 0 aliphatic carbocycles. The van der Waals surface area contributed by atoms with Gasteiger partial charge in [0, 0.05) is 19.0 Å². The van der Waals surface area contributed by atoms with Crippen LogP contribution in [0.4, 0.5) is 6.01 Å². The zero-order valence-corrected chi connectivity index (χ0v) is 12.0. The molecule has 2 heterocycles. The third-order valence-electron chi connectivity index (χ3n) is 2.33. The highest BCUT2D eigenvalue weighted by Gasteiger charge is 2.06. The third kappa shape index (κ3) is 2.49. The SMILES string of the molecule is Br.Cc1nnc(NCc2cccc3nsnc23)o1. The molecule has 6 nitrogen and oxygen atoms in total. The maximum Gasteiger partial charge on any atom is 0.315 e. The number of nitrogens with one attached hydrogen (secondary N) is 1. The number of anilines is 1. The fourth-order valence-electron chi connectivity index (χ4n) is 1.54. The van der Waals surface area contributed by atoms with Crippen LogP contribution in [0.3, 0.4) is 0 Å². The minimum atomic E-state index is 0. The standard InChI is InChI=1S/C10H9N5OS.BrH/c1-6-12-13-10(16-6)11-5-7-3-2-4-8-9(7)15-17-14-8;/h2-4H,5H2,1H3,(H,11,13);1H. The van der Waals surface area contributed by atoms with Gasteiger partial charge in [0.15, 0.2) is 0 Å². The number of benzene rings is 1. The van der Waals surface area contributed by atoms with E-state index in [0.717, 1.165) is 16.6 Å². The largest absolute Gasteiger partial charge is 0.408 e. The van der Waals surface area contributed by atoms with Crippen molar-refractivity contribution in [2.75, 3.05) is 5.32 Å². The highest BCUT2D eigenvalue weighted by molar-refractivity contribution is 8.93. The first-order valence-electron chi connectivity index (χ1n) is 5.07. The molecule has 0 saturated heterocycles. The summed E-state index contributed by atoms with van der Waals surface area (Å²) in [5.74, 6) is 0.543. The van der Waals surface area contributed by atoms with Crippen molar-refractivity contribution < 1.29 is 4.42 Å². The predicted octanol–water partition coefficient (Wildman–Crippen LogP) is 2.57. The van der Waals surface area contributed by atoms with E-state index in [1.165, 1.54) is 11.7 Å². The van der Waals surface area contributed by atoms with Gasteiger partial charge in [0.1, 0.15) is 11.0 Å². The Morgan fingerprint density at radius 2 is 2.17 bits per heavy atom. The summed E-state index contributed by atoms with van der Waals surface area (Å²) >= 11 is 1.21. The number of fused-ring (bicyclic) bond motifs is 1. The van der Waals surface area contributed by atoms with Gasteiger partial charge in [0.25, 0.3) is 0 Å². The molecule has 2 aromatic heterocycles. The second-order valence-electron chi connectivity index (χ2n) is 3.53. The number of nitrogens with zero attached hydrogens (tertiary/aromatic N) is 4. The Morgan fingerprint density at radius 3 is 2.94 bits per heavy atom. The Labute approximate surface area is 118 Å². The maximum absolute atomic E-state index is 5.23. The van der Waals surface area contributed by atoms with E-state index in [4.69, 9.17) is 4.42 Å². The van der Waals surface area contributed by atoms with E-state index in [-0.39, 0.29) is 17.0 Å². The monoisotopic (exact) mass is 327 g/mol. The van der Waals surface area contributed by atoms with Crippen molar-refractivity contribution in [1.82, 2.24) is 18.9 Å². The van der Waals surface area contributed by atoms with Crippen LogP contribution >= 0.6 is 28.7 Å². The van der Waals surface area contributed by atoms with E-state index < -0.39 is 0 Å². The molecule has 0 spiro atoms. The third-order valence-corrected chi connectivity index (χ3v) is 2.87. The average molecular weight is 328 g/mol. The van der Waals surface area contributed by atoms with Crippen LogP contribution < -0.4 is 5.32 Å². The summed E-state index contributed by atoms with van der Waals surface area (Å²) in [7, 11) is 0. The summed E-state index contributed by atoms with van der Waals surface area (Å²) in [5.41, 5.74) is 2.89. The van der Waals surface area contributed by atoms with Crippen molar-refractivity contribution in [2.45, 2.75) is 13.5 Å². The molecular weight excluding hydrogens is 318 g/mol. The normalized spacial score (nSPS) is 10.3. The first-order valence-corrected chi connectivity index (χ1v) is 5.80. The van der Waals surface area contributed by atoms with E-state index >= 15 is 0 Å². The zero-order valence-electron chi connectivity index (χ0n) is 9.45. The molecular formula is C10H10BrN5OS. The topological polar surface area (TPSA) is 76.7 Å². The highest BCUT2D eigenvalue weighted by atomic mass is 79.9. The van der Waals surface area contributed by atoms with E-state index in [1.54, 1.807) is 6.92 Å². The van der Waals surface area contributed by atoms with Gasteiger partial charge in [-0.25, -0.2) is 0 Å². The highest BCUT2D eigenvalue weighted by Crippen LogP contribution is 2.17. The van der Waals surface area contributed by atoms with Crippen molar-refractivity contribution in [2.24, 2.45) is 0 Å². The quantitative estimate of drug-likeness (QED) is 0.796. The summed E-state index contributed by atoms with van der Waals surface area (Å²) in [6.45, 7) is 2.34. The van der Waals surface area contributed by atoms with Crippen LogP contribution in [0.25, 0.3) is 11.0 Å². The Kier molecular flexibility index (Phi) is 3.87. The second kappa shape index (κ2) is 5.40. The number of hydrogen-bond acceptors (Lipinski definition) is 7. The predicted molar refractivity (Wildman–Crippen MR) is 74.1 cm³/mol. The van der Waals surface area contributed by atoms with E-state index in [2.05, 4.69) is 24.3 Å². The number of aryl methyl sites for hydroxylation is 1. The van der Waals surface area contributed by atoms with Gasteiger partial charge in [-0.2, -0.15) is 8.75 Å². The fraction of sp³-hybridized carbons (Fsp3) is 0.200. The van der Waals surface area contributed by atoms with Crippen LogP contribution in [0.2, 0.25) is 0 Å². The lowest BCUT2D eigenvalue weighted by Gasteiger charge is -2.01. The Hall–Kier alpha value is -1.54. The van der Waals surface area contributed by atoms with Crippen molar-refractivity contribution in [3.05, 3.63) is 29.7 Å². The lowest BCUT2D eigenvalue weighted by atomic mass is 10.2. The number of rotatable bonds is 3. The van der Waals surface area contributed by atoms with Gasteiger partial charge < -0.3 is 9.73 Å². The maximum atomic E-state index is 5.23. The van der Waals surface area contributed by atoms with Gasteiger partial charge in [-0.15, -0.1) is 22.1 Å². The van der Waals surface area contributed by atoms with Gasteiger partial charge in [-0.1, -0.05) is 17.2 Å². The van der Waals surface area contributed by atoms with E-state index in [9.17, 15) is 0 Å². The molecule has 0 radical (unpaired) electrons. The molecule has 0 fully saturated rings. The minimum absolute atomic E-state index is 0. The van der Waals surface area contributed by atoms with Crippen LogP contribution in [-0.2, 0) is 6.54 Å². The van der Waals surface area contributed by atoms with Gasteiger partial charge in [0.2, 0.25) is 5.89 Å². The van der Waals surface area contributed by atoms with Gasteiger partial charge in [0.05, 0.1) is 11.7 Å². The molecule has 8 heteroatoms. The molecule has 3 aromatic rings. The molecule has 3 rings (SSSR count). The lowest BCUT2D eigenvalue weighted by molar-refractivity contribution is 0.531. The molecule has 1 N–H and O–H groups in total. The Morgan fingerprint density at radius 1 is 1.28 bits per heavy atom. The minimum Gasteiger partial charge on any atom is -0.408 e. The number of aromatic nitrogens is 4. The van der Waals surface area contributed by atoms with Crippen LogP contribution in [0.1, 0.15) is 11.5 Å². The molecule has 0 aliphatic rings. The molecule has 0 saturated carbocycles. The fourth-order valence-corrected chi connectivity index (χ4v) is 2.11. The average Bonchev–Trinajstić information content (AvgIpc) is 2.94. The van der Waals surface area contributed by atoms with E-state index in [1.807, 2.05) is 18.2 Å². The molecule has 1 aromatic carbocycles. The van der Waals surface area contributed by atoms with Crippen LogP contribution in [0.15, 0.2) is 22.6 Å².